The van der Waals surface area contributed by atoms with Crippen LogP contribution in [0.2, 0.25) is 10.0 Å². The van der Waals surface area contributed by atoms with Crippen LogP contribution < -0.4 is 4.72 Å². The highest BCUT2D eigenvalue weighted by Gasteiger charge is 2.19. The summed E-state index contributed by atoms with van der Waals surface area (Å²) in [5.74, 6) is 0. The van der Waals surface area contributed by atoms with Crippen LogP contribution in [0.1, 0.15) is 16.7 Å². The fourth-order valence-electron chi connectivity index (χ4n) is 2.08. The number of anilines is 1. The smallest absolute Gasteiger partial charge is 0.263 e. The molecular formula is C15H15Cl2NO2S. The fourth-order valence-corrected chi connectivity index (χ4v) is 3.95. The first kappa shape index (κ1) is 16.1. The zero-order chi connectivity index (χ0) is 15.8. The molecule has 0 aliphatic carbocycles. The van der Waals surface area contributed by atoms with Gasteiger partial charge in [0, 0.05) is 10.7 Å². The Balaban J connectivity index is 2.45. The van der Waals surface area contributed by atoms with Crippen molar-refractivity contribution in [3.63, 3.8) is 0 Å². The van der Waals surface area contributed by atoms with Crippen molar-refractivity contribution >= 4 is 38.9 Å². The molecule has 0 aliphatic heterocycles. The van der Waals surface area contributed by atoms with E-state index < -0.39 is 10.0 Å². The van der Waals surface area contributed by atoms with Crippen LogP contribution in [0, 0.1) is 20.8 Å². The Morgan fingerprint density at radius 1 is 0.857 bits per heavy atom. The first-order valence-corrected chi connectivity index (χ1v) is 8.50. The van der Waals surface area contributed by atoms with Gasteiger partial charge in [0.05, 0.1) is 5.02 Å². The summed E-state index contributed by atoms with van der Waals surface area (Å²) in [6.45, 7) is 5.54. The molecule has 2 aromatic rings. The maximum absolute atomic E-state index is 12.5. The average molecular weight is 344 g/mol. The van der Waals surface area contributed by atoms with Gasteiger partial charge in [-0.05, 0) is 61.7 Å². The van der Waals surface area contributed by atoms with Crippen LogP contribution >= 0.6 is 23.2 Å². The molecule has 6 heteroatoms. The molecule has 0 atom stereocenters. The van der Waals surface area contributed by atoms with Crippen molar-refractivity contribution < 1.29 is 8.42 Å². The van der Waals surface area contributed by atoms with Crippen molar-refractivity contribution in [1.29, 1.82) is 0 Å². The van der Waals surface area contributed by atoms with Gasteiger partial charge in [-0.25, -0.2) is 8.42 Å². The van der Waals surface area contributed by atoms with Gasteiger partial charge in [0.1, 0.15) is 4.90 Å². The second-order valence-corrected chi connectivity index (χ2v) is 7.48. The quantitative estimate of drug-likeness (QED) is 0.876. The third-order valence-electron chi connectivity index (χ3n) is 2.98. The summed E-state index contributed by atoms with van der Waals surface area (Å²) in [6.07, 6.45) is 0. The molecule has 0 unspecified atom stereocenters. The number of sulfonamides is 1. The molecule has 0 saturated carbocycles. The van der Waals surface area contributed by atoms with Crippen molar-refractivity contribution in [3.8, 4) is 0 Å². The third-order valence-corrected chi connectivity index (χ3v) is 5.23. The first-order valence-electron chi connectivity index (χ1n) is 6.26. The molecule has 2 rings (SSSR count). The molecule has 21 heavy (non-hydrogen) atoms. The van der Waals surface area contributed by atoms with Gasteiger partial charge in [-0.1, -0.05) is 29.3 Å². The normalized spacial score (nSPS) is 11.5. The van der Waals surface area contributed by atoms with Crippen molar-refractivity contribution in [3.05, 3.63) is 57.1 Å². The minimum absolute atomic E-state index is 0.0187. The summed E-state index contributed by atoms with van der Waals surface area (Å²) < 4.78 is 27.5. The Labute approximate surface area is 135 Å². The van der Waals surface area contributed by atoms with E-state index in [0.717, 1.165) is 11.1 Å². The zero-order valence-corrected chi connectivity index (χ0v) is 14.2. The first-order chi connectivity index (χ1) is 9.69. The molecule has 0 bridgehead atoms. The standard InChI is InChI=1S/C15H15Cl2NO2S/c1-9-4-10(2)6-12(5-9)18-21(19,20)15-7-11(3)13(16)8-14(15)17/h4-8,18H,1-3H3. The lowest BCUT2D eigenvalue weighted by Gasteiger charge is -2.12. The van der Waals surface area contributed by atoms with Gasteiger partial charge < -0.3 is 0 Å². The number of nitrogens with one attached hydrogen (secondary N) is 1. The molecule has 0 aromatic heterocycles. The number of hydrogen-bond donors (Lipinski definition) is 1. The van der Waals surface area contributed by atoms with Crippen LogP contribution in [-0.4, -0.2) is 8.42 Å². The number of aryl methyl sites for hydroxylation is 3. The van der Waals surface area contributed by atoms with Gasteiger partial charge in [0.25, 0.3) is 10.0 Å². The molecule has 0 radical (unpaired) electrons. The molecule has 3 nitrogen and oxygen atoms in total. The molecule has 1 N–H and O–H groups in total. The van der Waals surface area contributed by atoms with Gasteiger partial charge in [-0.2, -0.15) is 0 Å². The van der Waals surface area contributed by atoms with Crippen LogP contribution in [0.25, 0.3) is 0 Å². The average Bonchev–Trinajstić information content (AvgIpc) is 2.31. The lowest BCUT2D eigenvalue weighted by atomic mass is 10.1. The van der Waals surface area contributed by atoms with Crippen LogP contribution in [0.15, 0.2) is 35.2 Å². The number of hydrogen-bond acceptors (Lipinski definition) is 2. The monoisotopic (exact) mass is 343 g/mol. The van der Waals surface area contributed by atoms with Gasteiger partial charge in [0.15, 0.2) is 0 Å². The van der Waals surface area contributed by atoms with Crippen LogP contribution in [-0.2, 0) is 10.0 Å². The minimum atomic E-state index is -3.76. The largest absolute Gasteiger partial charge is 0.280 e. The van der Waals surface area contributed by atoms with Gasteiger partial charge in [-0.3, -0.25) is 4.72 Å². The second kappa shape index (κ2) is 5.87. The summed E-state index contributed by atoms with van der Waals surface area (Å²) in [5, 5.41) is 0.535. The Kier molecular flexibility index (Phi) is 4.51. The van der Waals surface area contributed by atoms with E-state index >= 15 is 0 Å². The van der Waals surface area contributed by atoms with Gasteiger partial charge >= 0.3 is 0 Å². The van der Waals surface area contributed by atoms with E-state index in [1.165, 1.54) is 12.1 Å². The summed E-state index contributed by atoms with van der Waals surface area (Å²) in [4.78, 5) is 0.0187. The van der Waals surface area contributed by atoms with E-state index in [2.05, 4.69) is 4.72 Å². The van der Waals surface area contributed by atoms with E-state index in [9.17, 15) is 8.42 Å². The highest BCUT2D eigenvalue weighted by atomic mass is 35.5. The second-order valence-electron chi connectivity index (χ2n) is 5.01. The number of benzene rings is 2. The highest BCUT2D eigenvalue weighted by Crippen LogP contribution is 2.29. The van der Waals surface area contributed by atoms with Crippen LogP contribution in [0.3, 0.4) is 0 Å². The van der Waals surface area contributed by atoms with Gasteiger partial charge in [0.2, 0.25) is 0 Å². The Morgan fingerprint density at radius 3 is 2.00 bits per heavy atom. The lowest BCUT2D eigenvalue weighted by Crippen LogP contribution is -2.14. The molecule has 0 spiro atoms. The van der Waals surface area contributed by atoms with Crippen molar-refractivity contribution in [2.75, 3.05) is 4.72 Å². The summed E-state index contributed by atoms with van der Waals surface area (Å²) >= 11 is 11.9. The molecule has 0 fully saturated rings. The fraction of sp³-hybridized carbons (Fsp3) is 0.200. The Bertz CT molecular complexity index is 781. The topological polar surface area (TPSA) is 46.2 Å². The summed E-state index contributed by atoms with van der Waals surface area (Å²) in [7, 11) is -3.76. The molecule has 0 heterocycles. The molecule has 0 amide bonds. The van der Waals surface area contributed by atoms with E-state index in [1.54, 1.807) is 19.1 Å². The molecule has 0 aliphatic rings. The van der Waals surface area contributed by atoms with Crippen molar-refractivity contribution in [2.45, 2.75) is 25.7 Å². The zero-order valence-electron chi connectivity index (χ0n) is 11.9. The highest BCUT2D eigenvalue weighted by molar-refractivity contribution is 7.92. The maximum atomic E-state index is 12.5. The van der Waals surface area contributed by atoms with Crippen molar-refractivity contribution in [1.82, 2.24) is 0 Å². The van der Waals surface area contributed by atoms with Crippen LogP contribution in [0.4, 0.5) is 5.69 Å². The molecular weight excluding hydrogens is 329 g/mol. The number of halogens is 2. The van der Waals surface area contributed by atoms with Crippen LogP contribution in [0.5, 0.6) is 0 Å². The van der Waals surface area contributed by atoms with E-state index in [0.29, 0.717) is 16.3 Å². The lowest BCUT2D eigenvalue weighted by molar-refractivity contribution is 0.601. The van der Waals surface area contributed by atoms with Crippen molar-refractivity contribution in [2.24, 2.45) is 0 Å². The predicted octanol–water partition coefficient (Wildman–Crippen LogP) is 4.72. The summed E-state index contributed by atoms with van der Waals surface area (Å²) in [5.41, 5.74) is 3.12. The van der Waals surface area contributed by atoms with E-state index in [4.69, 9.17) is 23.2 Å². The Hall–Kier alpha value is -1.23. The third kappa shape index (κ3) is 3.70. The summed E-state index contributed by atoms with van der Waals surface area (Å²) in [6, 6.07) is 8.41. The molecule has 0 saturated heterocycles. The molecule has 112 valence electrons. The minimum Gasteiger partial charge on any atom is -0.280 e. The maximum Gasteiger partial charge on any atom is 0.263 e. The number of rotatable bonds is 3. The molecule has 2 aromatic carbocycles. The van der Waals surface area contributed by atoms with Gasteiger partial charge in [-0.15, -0.1) is 0 Å². The van der Waals surface area contributed by atoms with E-state index in [1.807, 2.05) is 19.9 Å². The SMILES string of the molecule is Cc1cc(C)cc(NS(=O)(=O)c2cc(C)c(Cl)cc2Cl)c1. The Morgan fingerprint density at radius 2 is 1.43 bits per heavy atom. The predicted molar refractivity (Wildman–Crippen MR) is 87.9 cm³/mol. The van der Waals surface area contributed by atoms with E-state index in [-0.39, 0.29) is 9.92 Å².